The average Bonchev–Trinajstić information content (AvgIpc) is 2.34. The number of nitrogens with one attached hydrogen (secondary N) is 1. The van der Waals surface area contributed by atoms with E-state index in [0.717, 1.165) is 45.4 Å². The first-order chi connectivity index (χ1) is 8.40. The van der Waals surface area contributed by atoms with Gasteiger partial charge in [0.15, 0.2) is 0 Å². The van der Waals surface area contributed by atoms with Crippen LogP contribution < -0.4 is 11.1 Å². The maximum absolute atomic E-state index is 8.71. The molecule has 0 aromatic carbocycles. The molecule has 0 amide bonds. The number of rotatable bonds is 6. The van der Waals surface area contributed by atoms with Gasteiger partial charge in [0.1, 0.15) is 5.84 Å². The third kappa shape index (κ3) is 4.46. The molecule has 1 fully saturated rings. The van der Waals surface area contributed by atoms with E-state index in [1.165, 1.54) is 0 Å². The molecule has 5 heteroatoms. The molecule has 1 heterocycles. The molecule has 0 unspecified atom stereocenters. The van der Waals surface area contributed by atoms with Crippen LogP contribution in [0, 0.1) is 5.41 Å². The van der Waals surface area contributed by atoms with Crippen molar-refractivity contribution >= 4 is 5.84 Å². The van der Waals surface area contributed by atoms with Crippen molar-refractivity contribution in [2.24, 2.45) is 16.3 Å². The molecular weight excluding hydrogens is 230 g/mol. The Balaban J connectivity index is 2.26. The summed E-state index contributed by atoms with van der Waals surface area (Å²) >= 11 is 0. The Bertz CT molecular complexity index is 284. The van der Waals surface area contributed by atoms with Gasteiger partial charge in [-0.25, -0.2) is 0 Å². The fourth-order valence-electron chi connectivity index (χ4n) is 2.18. The molecular formula is C13H27N3O2. The van der Waals surface area contributed by atoms with Gasteiger partial charge < -0.3 is 21.0 Å². The van der Waals surface area contributed by atoms with Crippen molar-refractivity contribution in [3.63, 3.8) is 0 Å². The second kappa shape index (κ2) is 6.38. The van der Waals surface area contributed by atoms with Gasteiger partial charge in [-0.1, -0.05) is 19.0 Å². The lowest BCUT2D eigenvalue weighted by molar-refractivity contribution is 0.0451. The van der Waals surface area contributed by atoms with Crippen molar-refractivity contribution < 1.29 is 9.94 Å². The highest BCUT2D eigenvalue weighted by Crippen LogP contribution is 2.23. The third-order valence-electron chi connectivity index (χ3n) is 3.93. The van der Waals surface area contributed by atoms with E-state index in [1.807, 2.05) is 13.8 Å². The van der Waals surface area contributed by atoms with E-state index in [9.17, 15) is 0 Å². The second-order valence-electron chi connectivity index (χ2n) is 6.07. The monoisotopic (exact) mass is 257 g/mol. The highest BCUT2D eigenvalue weighted by Gasteiger charge is 2.27. The van der Waals surface area contributed by atoms with Crippen LogP contribution in [0.5, 0.6) is 0 Å². The summed E-state index contributed by atoms with van der Waals surface area (Å²) in [6.45, 7) is 8.90. The molecule has 4 N–H and O–H groups in total. The first-order valence-corrected chi connectivity index (χ1v) is 6.70. The van der Waals surface area contributed by atoms with Crippen LogP contribution in [0.25, 0.3) is 0 Å². The van der Waals surface area contributed by atoms with E-state index < -0.39 is 0 Å². The number of amidine groups is 1. The Morgan fingerprint density at radius 2 is 2.06 bits per heavy atom. The van der Waals surface area contributed by atoms with Crippen molar-refractivity contribution in [2.75, 3.05) is 19.8 Å². The summed E-state index contributed by atoms with van der Waals surface area (Å²) in [7, 11) is 0. The lowest BCUT2D eigenvalue weighted by atomic mass is 9.86. The first-order valence-electron chi connectivity index (χ1n) is 6.70. The quantitative estimate of drug-likeness (QED) is 0.222. The lowest BCUT2D eigenvalue weighted by Crippen LogP contribution is -2.47. The van der Waals surface area contributed by atoms with Gasteiger partial charge in [-0.2, -0.15) is 0 Å². The highest BCUT2D eigenvalue weighted by molar-refractivity contribution is 5.85. The highest BCUT2D eigenvalue weighted by atomic mass is 16.5. The number of nitrogens with two attached hydrogens (primary N) is 1. The molecule has 0 bridgehead atoms. The molecule has 1 aliphatic rings. The Labute approximate surface area is 110 Å². The van der Waals surface area contributed by atoms with Gasteiger partial charge in [0, 0.05) is 24.2 Å². The van der Waals surface area contributed by atoms with Crippen LogP contribution in [0.1, 0.15) is 46.5 Å². The van der Waals surface area contributed by atoms with Crippen molar-refractivity contribution in [1.82, 2.24) is 5.32 Å². The number of hydrogen-bond acceptors (Lipinski definition) is 4. The molecule has 18 heavy (non-hydrogen) atoms. The van der Waals surface area contributed by atoms with Gasteiger partial charge in [0.25, 0.3) is 0 Å². The molecule has 0 aromatic heterocycles. The van der Waals surface area contributed by atoms with E-state index in [1.54, 1.807) is 0 Å². The molecule has 1 aliphatic heterocycles. The van der Waals surface area contributed by atoms with E-state index in [2.05, 4.69) is 17.4 Å². The van der Waals surface area contributed by atoms with Crippen molar-refractivity contribution in [2.45, 2.75) is 52.0 Å². The molecule has 0 aliphatic carbocycles. The summed E-state index contributed by atoms with van der Waals surface area (Å²) in [5.41, 5.74) is 5.63. The molecule has 0 saturated carbocycles. The van der Waals surface area contributed by atoms with Crippen LogP contribution in [0.15, 0.2) is 5.16 Å². The summed E-state index contributed by atoms with van der Waals surface area (Å²) in [6, 6.07) is 0. The fourth-order valence-corrected chi connectivity index (χ4v) is 2.18. The van der Waals surface area contributed by atoms with E-state index in [4.69, 9.17) is 15.7 Å². The smallest absolute Gasteiger partial charge is 0.144 e. The van der Waals surface area contributed by atoms with E-state index in [-0.39, 0.29) is 11.0 Å². The van der Waals surface area contributed by atoms with Gasteiger partial charge >= 0.3 is 0 Å². The van der Waals surface area contributed by atoms with E-state index in [0.29, 0.717) is 5.84 Å². The van der Waals surface area contributed by atoms with E-state index >= 15 is 0 Å². The molecule has 0 atom stereocenters. The largest absolute Gasteiger partial charge is 0.409 e. The predicted molar refractivity (Wildman–Crippen MR) is 72.9 cm³/mol. The average molecular weight is 257 g/mol. The Morgan fingerprint density at radius 1 is 1.44 bits per heavy atom. The lowest BCUT2D eigenvalue weighted by Gasteiger charge is -2.35. The normalized spacial score (nSPS) is 20.9. The number of hydrogen-bond donors (Lipinski definition) is 3. The summed E-state index contributed by atoms with van der Waals surface area (Å²) in [5, 5.41) is 15.4. The van der Waals surface area contributed by atoms with Gasteiger partial charge in [0.05, 0.1) is 0 Å². The van der Waals surface area contributed by atoms with Gasteiger partial charge in [0.2, 0.25) is 0 Å². The minimum absolute atomic E-state index is 0.207. The maximum Gasteiger partial charge on any atom is 0.144 e. The maximum atomic E-state index is 8.71. The van der Waals surface area contributed by atoms with Crippen molar-refractivity contribution in [3.05, 3.63) is 0 Å². The number of ether oxygens (including phenoxy) is 1. The molecule has 0 radical (unpaired) electrons. The zero-order valence-corrected chi connectivity index (χ0v) is 11.8. The summed E-state index contributed by atoms with van der Waals surface area (Å²) < 4.78 is 5.37. The molecule has 0 aromatic rings. The molecule has 0 spiro atoms. The molecule has 106 valence electrons. The standard InChI is InChI=1S/C13H27N3O2/c1-12(2,11(14)16-17)5-4-8-15-13(3)6-9-18-10-7-13/h15,17H,4-10H2,1-3H3,(H2,14,16). The van der Waals surface area contributed by atoms with Crippen LogP contribution in [0.4, 0.5) is 0 Å². The first kappa shape index (κ1) is 15.2. The predicted octanol–water partition coefficient (Wildman–Crippen LogP) is 1.70. The van der Waals surface area contributed by atoms with Gasteiger partial charge in [-0.15, -0.1) is 0 Å². The zero-order chi connectivity index (χ0) is 13.6. The SMILES string of the molecule is CC1(NCCCC(C)(C)C(N)=NO)CCOCC1. The number of oxime groups is 1. The van der Waals surface area contributed by atoms with Crippen LogP contribution in [0.2, 0.25) is 0 Å². The summed E-state index contributed by atoms with van der Waals surface area (Å²) in [6.07, 6.45) is 4.05. The molecule has 5 nitrogen and oxygen atoms in total. The van der Waals surface area contributed by atoms with Crippen LogP contribution >= 0.6 is 0 Å². The topological polar surface area (TPSA) is 79.9 Å². The third-order valence-corrected chi connectivity index (χ3v) is 3.93. The summed E-state index contributed by atoms with van der Waals surface area (Å²) in [4.78, 5) is 0. The zero-order valence-electron chi connectivity index (χ0n) is 11.8. The molecule has 1 rings (SSSR count). The minimum Gasteiger partial charge on any atom is -0.409 e. The Kier molecular flexibility index (Phi) is 5.41. The Morgan fingerprint density at radius 3 is 2.61 bits per heavy atom. The van der Waals surface area contributed by atoms with Crippen LogP contribution in [0.3, 0.4) is 0 Å². The van der Waals surface area contributed by atoms with Crippen molar-refractivity contribution in [1.29, 1.82) is 0 Å². The molecule has 1 saturated heterocycles. The summed E-state index contributed by atoms with van der Waals surface area (Å²) in [5.74, 6) is 0.305. The van der Waals surface area contributed by atoms with Gasteiger partial charge in [-0.05, 0) is 39.2 Å². The Hall–Kier alpha value is -0.810. The second-order valence-corrected chi connectivity index (χ2v) is 6.07. The fraction of sp³-hybridized carbons (Fsp3) is 0.923. The minimum atomic E-state index is -0.243. The number of nitrogens with zero attached hydrogens (tertiary/aromatic N) is 1. The van der Waals surface area contributed by atoms with Crippen molar-refractivity contribution in [3.8, 4) is 0 Å². The van der Waals surface area contributed by atoms with Crippen LogP contribution in [-0.4, -0.2) is 36.3 Å². The van der Waals surface area contributed by atoms with Gasteiger partial charge in [-0.3, -0.25) is 0 Å². The van der Waals surface area contributed by atoms with Crippen LogP contribution in [-0.2, 0) is 4.74 Å².